The summed E-state index contributed by atoms with van der Waals surface area (Å²) < 4.78 is 28.0. The van der Waals surface area contributed by atoms with Gasteiger partial charge >= 0.3 is 0 Å². The maximum absolute atomic E-state index is 14.1. The zero-order valence-electron chi connectivity index (χ0n) is 16.8. The molecule has 0 aliphatic rings. The van der Waals surface area contributed by atoms with Gasteiger partial charge < -0.3 is 4.90 Å². The molecule has 1 aromatic heterocycles. The molecule has 3 aromatic rings. The van der Waals surface area contributed by atoms with Gasteiger partial charge in [0.1, 0.15) is 11.3 Å². The average Bonchev–Trinajstić information content (AvgIpc) is 3.02. The minimum atomic E-state index is -0.716. The van der Waals surface area contributed by atoms with Crippen LogP contribution in [0, 0.1) is 25.5 Å². The van der Waals surface area contributed by atoms with Gasteiger partial charge in [0.05, 0.1) is 11.1 Å². The van der Waals surface area contributed by atoms with Crippen molar-refractivity contribution in [1.29, 1.82) is 0 Å². The van der Waals surface area contributed by atoms with Crippen molar-refractivity contribution in [2.75, 3.05) is 32.1 Å². The lowest BCUT2D eigenvalue weighted by molar-refractivity contribution is -0.118. The lowest BCUT2D eigenvalue weighted by Gasteiger charge is -2.22. The number of thiazole rings is 1. The van der Waals surface area contributed by atoms with E-state index >= 15 is 0 Å². The molecular weight excluding hydrogens is 416 g/mol. The number of carbonyl (C=O) groups is 1. The number of carbonyl (C=O) groups excluding carboxylic acids is 1. The number of nitrogens with zero attached hydrogens (tertiary/aromatic N) is 3. The van der Waals surface area contributed by atoms with Crippen molar-refractivity contribution < 1.29 is 13.6 Å². The largest absolute Gasteiger partial charge is 0.308 e. The summed E-state index contributed by atoms with van der Waals surface area (Å²) in [5.74, 6) is -1.48. The van der Waals surface area contributed by atoms with Crippen molar-refractivity contribution in [1.82, 2.24) is 9.88 Å². The van der Waals surface area contributed by atoms with E-state index in [4.69, 9.17) is 0 Å². The van der Waals surface area contributed by atoms with Crippen molar-refractivity contribution in [2.45, 2.75) is 20.3 Å². The molecule has 8 heteroatoms. The van der Waals surface area contributed by atoms with E-state index in [0.29, 0.717) is 22.9 Å². The topological polar surface area (TPSA) is 36.4 Å². The Morgan fingerprint density at radius 1 is 1.10 bits per heavy atom. The normalized spacial score (nSPS) is 11.0. The van der Waals surface area contributed by atoms with Gasteiger partial charge in [-0.1, -0.05) is 35.1 Å². The molecule has 4 nitrogen and oxygen atoms in total. The average molecular weight is 440 g/mol. The Hall–Kier alpha value is -2.09. The molecule has 156 valence electrons. The van der Waals surface area contributed by atoms with Gasteiger partial charge in [-0.05, 0) is 45.1 Å². The Labute approximate surface area is 179 Å². The summed E-state index contributed by atoms with van der Waals surface area (Å²) in [7, 11) is 3.83. The number of amides is 1. The van der Waals surface area contributed by atoms with Crippen LogP contribution < -0.4 is 4.90 Å². The number of rotatable bonds is 6. The first-order valence-electron chi connectivity index (χ1n) is 9.01. The van der Waals surface area contributed by atoms with Gasteiger partial charge in [-0.2, -0.15) is 0 Å². The first-order valence-corrected chi connectivity index (χ1v) is 9.83. The smallest absolute Gasteiger partial charge is 0.233 e. The molecular formula is C21H24ClF2N3OS. The predicted octanol–water partition coefficient (Wildman–Crippen LogP) is 4.75. The maximum atomic E-state index is 14.1. The van der Waals surface area contributed by atoms with E-state index in [1.807, 2.05) is 51.0 Å². The van der Waals surface area contributed by atoms with Gasteiger partial charge in [-0.15, -0.1) is 12.4 Å². The highest BCUT2D eigenvalue weighted by Gasteiger charge is 2.22. The van der Waals surface area contributed by atoms with Gasteiger partial charge in [0.2, 0.25) is 5.91 Å². The van der Waals surface area contributed by atoms with Crippen molar-refractivity contribution in [3.05, 3.63) is 58.7 Å². The quantitative estimate of drug-likeness (QED) is 0.556. The van der Waals surface area contributed by atoms with Crippen LogP contribution in [0.15, 0.2) is 30.3 Å². The summed E-state index contributed by atoms with van der Waals surface area (Å²) in [4.78, 5) is 21.0. The summed E-state index contributed by atoms with van der Waals surface area (Å²) in [6.07, 6.45) is 0.230. The van der Waals surface area contributed by atoms with E-state index in [1.54, 1.807) is 4.90 Å². The Balaban J connectivity index is 0.00000300. The third-order valence-electron chi connectivity index (χ3n) is 4.55. The van der Waals surface area contributed by atoms with E-state index in [1.165, 1.54) is 6.07 Å². The number of fused-ring (bicyclic) bond motifs is 1. The summed E-state index contributed by atoms with van der Waals surface area (Å²) in [6, 6.07) is 8.08. The fourth-order valence-electron chi connectivity index (χ4n) is 2.94. The molecule has 29 heavy (non-hydrogen) atoms. The molecule has 0 aliphatic heterocycles. The van der Waals surface area contributed by atoms with Crippen molar-refractivity contribution in [3.8, 4) is 0 Å². The van der Waals surface area contributed by atoms with Crippen LogP contribution in [0.3, 0.4) is 0 Å². The minimum absolute atomic E-state index is 0. The number of hydrogen-bond donors (Lipinski definition) is 0. The molecule has 1 amide bonds. The predicted molar refractivity (Wildman–Crippen MR) is 117 cm³/mol. The maximum Gasteiger partial charge on any atom is 0.233 e. The van der Waals surface area contributed by atoms with Crippen molar-refractivity contribution in [2.24, 2.45) is 0 Å². The fraction of sp³-hybridized carbons (Fsp3) is 0.333. The molecule has 3 rings (SSSR count). The minimum Gasteiger partial charge on any atom is -0.308 e. The Morgan fingerprint density at radius 3 is 2.52 bits per heavy atom. The van der Waals surface area contributed by atoms with Crippen LogP contribution in [0.25, 0.3) is 10.2 Å². The molecule has 0 bridgehead atoms. The van der Waals surface area contributed by atoms with E-state index in [0.717, 1.165) is 34.1 Å². The second kappa shape index (κ2) is 9.61. The van der Waals surface area contributed by atoms with Gasteiger partial charge in [0.15, 0.2) is 10.9 Å². The van der Waals surface area contributed by atoms with E-state index in [9.17, 15) is 13.6 Å². The van der Waals surface area contributed by atoms with Gasteiger partial charge in [0, 0.05) is 19.2 Å². The second-order valence-corrected chi connectivity index (χ2v) is 8.20. The number of aryl methyl sites for hydroxylation is 2. The highest BCUT2D eigenvalue weighted by molar-refractivity contribution is 7.22. The van der Waals surface area contributed by atoms with E-state index < -0.39 is 11.6 Å². The van der Waals surface area contributed by atoms with Crippen molar-refractivity contribution >= 4 is 45.0 Å². The fourth-order valence-corrected chi connectivity index (χ4v) is 3.99. The number of hydrogen-bond acceptors (Lipinski definition) is 4. The third kappa shape index (κ3) is 5.50. The Bertz CT molecular complexity index is 1020. The van der Waals surface area contributed by atoms with Crippen LogP contribution in [-0.4, -0.2) is 43.0 Å². The van der Waals surface area contributed by atoms with E-state index in [-0.39, 0.29) is 30.3 Å². The lowest BCUT2D eigenvalue weighted by Crippen LogP contribution is -2.37. The van der Waals surface area contributed by atoms with Crippen molar-refractivity contribution in [3.63, 3.8) is 0 Å². The van der Waals surface area contributed by atoms with Gasteiger partial charge in [-0.3, -0.25) is 9.69 Å². The number of likely N-dealkylation sites (N-methyl/N-ethyl adjacent to an activating group) is 1. The molecule has 0 fully saturated rings. The van der Waals surface area contributed by atoms with Crippen LogP contribution in [0.5, 0.6) is 0 Å². The number of anilines is 1. The van der Waals surface area contributed by atoms with Gasteiger partial charge in [-0.25, -0.2) is 13.8 Å². The third-order valence-corrected chi connectivity index (χ3v) is 5.58. The lowest BCUT2D eigenvalue weighted by atomic mass is 10.0. The SMILES string of the molecule is Cc1ccc(C)c(CC(=O)N(CCN(C)C)c2nc3c(F)cc(F)cc3s2)c1.Cl. The summed E-state index contributed by atoms with van der Waals surface area (Å²) >= 11 is 1.13. The van der Waals surface area contributed by atoms with Crippen LogP contribution >= 0.6 is 23.7 Å². The second-order valence-electron chi connectivity index (χ2n) is 7.19. The number of aromatic nitrogens is 1. The highest BCUT2D eigenvalue weighted by Crippen LogP contribution is 2.31. The standard InChI is InChI=1S/C21H23F2N3OS.ClH/c1-13-5-6-14(2)15(9-13)10-19(27)26(8-7-25(3)4)21-24-20-17(23)11-16(22)12-18(20)28-21;/h5-6,9,11-12H,7-8,10H2,1-4H3;1H. The van der Waals surface area contributed by atoms with Crippen LogP contribution in [0.2, 0.25) is 0 Å². The van der Waals surface area contributed by atoms with Crippen LogP contribution in [-0.2, 0) is 11.2 Å². The highest BCUT2D eigenvalue weighted by atomic mass is 35.5. The number of benzene rings is 2. The first-order chi connectivity index (χ1) is 13.2. The molecule has 0 unspecified atom stereocenters. The Kier molecular flexibility index (Phi) is 7.68. The Morgan fingerprint density at radius 2 is 1.83 bits per heavy atom. The molecule has 0 radical (unpaired) electrons. The molecule has 0 N–H and O–H groups in total. The van der Waals surface area contributed by atoms with Crippen LogP contribution in [0.1, 0.15) is 16.7 Å². The number of halogens is 3. The monoisotopic (exact) mass is 439 g/mol. The zero-order chi connectivity index (χ0) is 20.4. The molecule has 2 aromatic carbocycles. The van der Waals surface area contributed by atoms with Gasteiger partial charge in [0.25, 0.3) is 0 Å². The first kappa shape index (κ1) is 23.2. The zero-order valence-corrected chi connectivity index (χ0v) is 18.5. The summed E-state index contributed by atoms with van der Waals surface area (Å²) in [5, 5.41) is 0.386. The molecule has 0 atom stereocenters. The molecule has 0 saturated carbocycles. The van der Waals surface area contributed by atoms with E-state index in [2.05, 4.69) is 4.98 Å². The molecule has 0 spiro atoms. The molecule has 0 aliphatic carbocycles. The summed E-state index contributed by atoms with van der Waals surface area (Å²) in [5.41, 5.74) is 3.18. The molecule has 1 heterocycles. The summed E-state index contributed by atoms with van der Waals surface area (Å²) in [6.45, 7) is 5.01. The van der Waals surface area contributed by atoms with Crippen LogP contribution in [0.4, 0.5) is 13.9 Å². The molecule has 0 saturated heterocycles.